The summed E-state index contributed by atoms with van der Waals surface area (Å²) in [5.41, 5.74) is 0.490. The van der Waals surface area contributed by atoms with Crippen molar-refractivity contribution in [3.05, 3.63) is 88.9 Å². The van der Waals surface area contributed by atoms with Crippen molar-refractivity contribution in [3.63, 3.8) is 0 Å². The first kappa shape index (κ1) is 33.2. The molecule has 2 aromatic carbocycles. The number of halogens is 4. The Morgan fingerprint density at radius 2 is 1.73 bits per heavy atom. The Hall–Kier alpha value is -3.71. The standard InChI is InChI=1S/C31H37F4N5O3S/c1-21(23-10-12-26(25(32)18-23)38-44(4,42)43)29(41)36-20-24-11-13-27(31(33,34)35)37-28(24)40-16-14-30(15-17-40,39(2)3)19-22-8-6-5-7-9-22/h5-13,18,21,38H,14-17,19-20H2,1-4H3,(H,36,41). The van der Waals surface area contributed by atoms with E-state index in [1.165, 1.54) is 23.8 Å². The smallest absolute Gasteiger partial charge is 0.356 e. The molecule has 4 rings (SSSR count). The SMILES string of the molecule is CC(C(=O)NCc1ccc(C(F)(F)F)nc1N1CCC(Cc2ccccc2)(N(C)C)CC1)c1ccc(NS(C)(=O)=O)c(F)c1. The van der Waals surface area contributed by atoms with E-state index in [4.69, 9.17) is 0 Å². The van der Waals surface area contributed by atoms with Gasteiger partial charge in [0.1, 0.15) is 17.3 Å². The van der Waals surface area contributed by atoms with Crippen LogP contribution in [0.1, 0.15) is 48.1 Å². The highest BCUT2D eigenvalue weighted by molar-refractivity contribution is 7.92. The monoisotopic (exact) mass is 635 g/mol. The highest BCUT2D eigenvalue weighted by Gasteiger charge is 2.39. The van der Waals surface area contributed by atoms with Crippen LogP contribution < -0.4 is 14.9 Å². The Kier molecular flexibility index (Phi) is 9.89. The molecule has 2 N–H and O–H groups in total. The van der Waals surface area contributed by atoms with Gasteiger partial charge in [-0.1, -0.05) is 42.5 Å². The van der Waals surface area contributed by atoms with Gasteiger partial charge in [-0.15, -0.1) is 0 Å². The van der Waals surface area contributed by atoms with Crippen molar-refractivity contribution < 1.29 is 30.8 Å². The van der Waals surface area contributed by atoms with E-state index in [1.807, 2.05) is 37.2 Å². The number of nitrogens with one attached hydrogen (secondary N) is 2. The largest absolute Gasteiger partial charge is 0.433 e. The molecule has 0 saturated carbocycles. The number of piperidine rings is 1. The van der Waals surface area contributed by atoms with Crippen LogP contribution >= 0.6 is 0 Å². The van der Waals surface area contributed by atoms with Crippen molar-refractivity contribution in [2.75, 3.05) is 43.1 Å². The fourth-order valence-electron chi connectivity index (χ4n) is 5.51. The second-order valence-electron chi connectivity index (χ2n) is 11.5. The molecule has 238 valence electrons. The Morgan fingerprint density at radius 3 is 2.30 bits per heavy atom. The number of hydrogen-bond acceptors (Lipinski definition) is 6. The Bertz CT molecular complexity index is 1570. The lowest BCUT2D eigenvalue weighted by molar-refractivity contribution is -0.141. The number of alkyl halides is 3. The summed E-state index contributed by atoms with van der Waals surface area (Å²) in [6.45, 7) is 2.42. The van der Waals surface area contributed by atoms with Gasteiger partial charge in [0.2, 0.25) is 15.9 Å². The zero-order valence-corrected chi connectivity index (χ0v) is 25.9. The molecule has 3 aromatic rings. The van der Waals surface area contributed by atoms with Gasteiger partial charge in [0, 0.05) is 30.7 Å². The van der Waals surface area contributed by atoms with Crippen LogP contribution in [0.15, 0.2) is 60.7 Å². The van der Waals surface area contributed by atoms with Crippen LogP contribution in [-0.2, 0) is 34.0 Å². The lowest BCUT2D eigenvalue weighted by atomic mass is 9.80. The molecule has 0 radical (unpaired) electrons. The van der Waals surface area contributed by atoms with E-state index in [0.717, 1.165) is 24.8 Å². The van der Waals surface area contributed by atoms with Crippen LogP contribution in [-0.4, -0.2) is 63.2 Å². The van der Waals surface area contributed by atoms with Gasteiger partial charge >= 0.3 is 6.18 Å². The highest BCUT2D eigenvalue weighted by atomic mass is 32.2. The Labute approximate surface area is 255 Å². The van der Waals surface area contributed by atoms with Crippen LogP contribution in [0.25, 0.3) is 0 Å². The number of rotatable bonds is 10. The first-order valence-electron chi connectivity index (χ1n) is 14.2. The fourth-order valence-corrected chi connectivity index (χ4v) is 6.07. The molecule has 44 heavy (non-hydrogen) atoms. The first-order valence-corrected chi connectivity index (χ1v) is 16.1. The second kappa shape index (κ2) is 13.1. The third kappa shape index (κ3) is 8.06. The van der Waals surface area contributed by atoms with Gasteiger partial charge in [0.15, 0.2) is 0 Å². The van der Waals surface area contributed by atoms with Crippen LogP contribution in [0.3, 0.4) is 0 Å². The number of benzene rings is 2. The molecule has 1 fully saturated rings. The van der Waals surface area contributed by atoms with Gasteiger partial charge in [0.05, 0.1) is 17.9 Å². The minimum atomic E-state index is -4.64. The van der Waals surface area contributed by atoms with Crippen molar-refractivity contribution in [2.45, 2.75) is 50.4 Å². The molecule has 1 aromatic heterocycles. The number of nitrogens with zero attached hydrogens (tertiary/aromatic N) is 3. The molecular weight excluding hydrogens is 598 g/mol. The van der Waals surface area contributed by atoms with Gasteiger partial charge in [-0.25, -0.2) is 17.8 Å². The van der Waals surface area contributed by atoms with Gasteiger partial charge in [-0.2, -0.15) is 13.2 Å². The first-order chi connectivity index (χ1) is 20.6. The van der Waals surface area contributed by atoms with Crippen LogP contribution in [0.5, 0.6) is 0 Å². The lowest BCUT2D eigenvalue weighted by Crippen LogP contribution is -2.54. The van der Waals surface area contributed by atoms with E-state index in [2.05, 4.69) is 32.1 Å². The summed E-state index contributed by atoms with van der Waals surface area (Å²) in [6, 6.07) is 16.1. The van der Waals surface area contributed by atoms with Gasteiger partial charge in [-0.05, 0) is 69.6 Å². The number of sulfonamides is 1. The van der Waals surface area contributed by atoms with E-state index in [0.29, 0.717) is 37.1 Å². The average Bonchev–Trinajstić information content (AvgIpc) is 2.96. The quantitative estimate of drug-likeness (QED) is 0.299. The van der Waals surface area contributed by atoms with Crippen molar-refractivity contribution in [1.29, 1.82) is 0 Å². The summed E-state index contributed by atoms with van der Waals surface area (Å²) in [6.07, 6.45) is -1.54. The van der Waals surface area contributed by atoms with Gasteiger partial charge < -0.3 is 15.1 Å². The summed E-state index contributed by atoms with van der Waals surface area (Å²) in [4.78, 5) is 21.1. The lowest BCUT2D eigenvalue weighted by Gasteiger charge is -2.47. The Morgan fingerprint density at radius 1 is 1.07 bits per heavy atom. The van der Waals surface area contributed by atoms with Gasteiger partial charge in [0.25, 0.3) is 0 Å². The average molecular weight is 636 g/mol. The summed E-state index contributed by atoms with van der Waals surface area (Å²) in [5, 5.41) is 2.75. The maximum absolute atomic E-state index is 14.5. The number of pyridine rings is 1. The van der Waals surface area contributed by atoms with Crippen LogP contribution in [0.4, 0.5) is 29.1 Å². The maximum atomic E-state index is 14.5. The summed E-state index contributed by atoms with van der Waals surface area (Å²) in [7, 11) is 0.346. The third-order valence-corrected chi connectivity index (χ3v) is 8.79. The molecule has 1 saturated heterocycles. The predicted octanol–water partition coefficient (Wildman–Crippen LogP) is 5.17. The minimum absolute atomic E-state index is 0.0841. The number of likely N-dealkylation sites (N-methyl/N-ethyl adjacent to an activating group) is 1. The molecule has 8 nitrogen and oxygen atoms in total. The van der Waals surface area contributed by atoms with E-state index < -0.39 is 39.5 Å². The second-order valence-corrected chi connectivity index (χ2v) is 13.2. The molecule has 0 aliphatic carbocycles. The number of carbonyl (C=O) groups is 1. The molecule has 1 aliphatic heterocycles. The maximum Gasteiger partial charge on any atom is 0.433 e. The molecule has 1 aliphatic rings. The van der Waals surface area contributed by atoms with Crippen molar-refractivity contribution >= 4 is 27.4 Å². The number of hydrogen-bond donors (Lipinski definition) is 2. The summed E-state index contributed by atoms with van der Waals surface area (Å²) < 4.78 is 80.5. The molecule has 13 heteroatoms. The molecule has 0 spiro atoms. The normalized spacial score (nSPS) is 16.1. The van der Waals surface area contributed by atoms with Gasteiger partial charge in [-0.3, -0.25) is 9.52 Å². The van der Waals surface area contributed by atoms with Crippen LogP contribution in [0, 0.1) is 5.82 Å². The molecule has 2 heterocycles. The molecule has 0 bridgehead atoms. The topological polar surface area (TPSA) is 94.6 Å². The molecule has 1 amide bonds. The van der Waals surface area contributed by atoms with Crippen molar-refractivity contribution in [2.24, 2.45) is 0 Å². The van der Waals surface area contributed by atoms with E-state index in [9.17, 15) is 30.8 Å². The zero-order valence-electron chi connectivity index (χ0n) is 25.1. The minimum Gasteiger partial charge on any atom is -0.356 e. The number of amides is 1. The molecular formula is C31H37F4N5O3S. The zero-order chi connectivity index (χ0) is 32.3. The molecule has 1 unspecified atom stereocenters. The van der Waals surface area contributed by atoms with E-state index in [-0.39, 0.29) is 23.6 Å². The van der Waals surface area contributed by atoms with Crippen molar-refractivity contribution in [3.8, 4) is 0 Å². The fraction of sp³-hybridized carbons (Fsp3) is 0.419. The summed E-state index contributed by atoms with van der Waals surface area (Å²) >= 11 is 0. The number of carbonyl (C=O) groups excluding carboxylic acids is 1. The number of anilines is 2. The molecule has 1 atom stereocenters. The third-order valence-electron chi connectivity index (χ3n) is 8.20. The Balaban J connectivity index is 1.51. The van der Waals surface area contributed by atoms with E-state index >= 15 is 0 Å². The predicted molar refractivity (Wildman–Crippen MR) is 162 cm³/mol. The van der Waals surface area contributed by atoms with E-state index in [1.54, 1.807) is 6.92 Å². The summed E-state index contributed by atoms with van der Waals surface area (Å²) in [5.74, 6) is -1.97. The highest BCUT2D eigenvalue weighted by Crippen LogP contribution is 2.36. The number of aromatic nitrogens is 1. The van der Waals surface area contributed by atoms with Crippen LogP contribution in [0.2, 0.25) is 0 Å². The van der Waals surface area contributed by atoms with Crippen molar-refractivity contribution in [1.82, 2.24) is 15.2 Å².